The molecule has 1 aliphatic rings. The van der Waals surface area contributed by atoms with Crippen molar-refractivity contribution in [3.8, 4) is 5.75 Å². The zero-order chi connectivity index (χ0) is 14.5. The minimum atomic E-state index is -0.336. The lowest BCUT2D eigenvalue weighted by Gasteiger charge is -2.22. The third-order valence-electron chi connectivity index (χ3n) is 3.37. The second kappa shape index (κ2) is 6.74. The van der Waals surface area contributed by atoms with Gasteiger partial charge in [0.25, 0.3) is 0 Å². The van der Waals surface area contributed by atoms with E-state index in [-0.39, 0.29) is 18.6 Å². The van der Waals surface area contributed by atoms with Crippen LogP contribution in [0.2, 0.25) is 0 Å². The molecule has 5 heteroatoms. The maximum atomic E-state index is 12.1. The van der Waals surface area contributed by atoms with Crippen molar-refractivity contribution in [3.63, 3.8) is 0 Å². The molecule has 110 valence electrons. The highest BCUT2D eigenvalue weighted by Gasteiger charge is 2.27. The van der Waals surface area contributed by atoms with Gasteiger partial charge >= 0.3 is 5.97 Å². The molecule has 2 aromatic rings. The Balaban J connectivity index is 1.47. The summed E-state index contributed by atoms with van der Waals surface area (Å²) in [7, 11) is 0. The van der Waals surface area contributed by atoms with Gasteiger partial charge < -0.3 is 14.8 Å². The van der Waals surface area contributed by atoms with Gasteiger partial charge in [-0.15, -0.1) is 11.3 Å². The van der Waals surface area contributed by atoms with Gasteiger partial charge in [0.1, 0.15) is 25.0 Å². The molecule has 1 aromatic carbocycles. The minimum absolute atomic E-state index is 0.231. The van der Waals surface area contributed by atoms with E-state index in [1.807, 2.05) is 41.8 Å². The van der Waals surface area contributed by atoms with Gasteiger partial charge in [0.2, 0.25) is 0 Å². The summed E-state index contributed by atoms with van der Waals surface area (Å²) in [5, 5.41) is 5.24. The molecule has 3 rings (SSSR count). The third-order valence-corrected chi connectivity index (χ3v) is 4.36. The second-order valence-corrected chi connectivity index (χ2v) is 5.77. The number of fused-ring (bicyclic) bond motifs is 1. The highest BCUT2D eigenvalue weighted by atomic mass is 32.1. The van der Waals surface area contributed by atoms with Crippen LogP contribution in [0.3, 0.4) is 0 Å². The summed E-state index contributed by atoms with van der Waals surface area (Å²) in [6.07, 6.45) is 0.980. The zero-order valence-electron chi connectivity index (χ0n) is 11.6. The number of benzene rings is 1. The molecule has 0 bridgehead atoms. The van der Waals surface area contributed by atoms with Gasteiger partial charge in [-0.2, -0.15) is 0 Å². The fourth-order valence-electron chi connectivity index (χ4n) is 2.36. The van der Waals surface area contributed by atoms with Crippen LogP contribution in [0.5, 0.6) is 5.75 Å². The normalized spacial score (nSPS) is 17.0. The lowest BCUT2D eigenvalue weighted by molar-refractivity contribution is -0.147. The van der Waals surface area contributed by atoms with E-state index >= 15 is 0 Å². The highest BCUT2D eigenvalue weighted by molar-refractivity contribution is 7.10. The molecule has 0 radical (unpaired) electrons. The lowest BCUT2D eigenvalue weighted by atomic mass is 10.0. The first-order valence-electron chi connectivity index (χ1n) is 6.99. The molecule has 0 spiro atoms. The number of para-hydroxylation sites is 1. The standard InChI is InChI=1S/C16H17NO3S/c18-16(15-13-7-11-21-14(13)6-8-17-15)20-10-9-19-12-4-2-1-3-5-12/h1-5,7,11,15,17H,6,8-10H2. The molecule has 0 saturated carbocycles. The minimum Gasteiger partial charge on any atom is -0.490 e. The van der Waals surface area contributed by atoms with Crippen LogP contribution in [0.15, 0.2) is 41.8 Å². The fourth-order valence-corrected chi connectivity index (χ4v) is 3.28. The summed E-state index contributed by atoms with van der Waals surface area (Å²) in [6, 6.07) is 11.2. The van der Waals surface area contributed by atoms with Gasteiger partial charge in [-0.1, -0.05) is 18.2 Å². The molecular weight excluding hydrogens is 286 g/mol. The first-order valence-corrected chi connectivity index (χ1v) is 7.87. The number of carbonyl (C=O) groups is 1. The SMILES string of the molecule is O=C(OCCOc1ccccc1)C1NCCc2sccc21. The van der Waals surface area contributed by atoms with Gasteiger partial charge in [0.05, 0.1) is 0 Å². The largest absolute Gasteiger partial charge is 0.490 e. The van der Waals surface area contributed by atoms with Gasteiger partial charge in [0.15, 0.2) is 0 Å². The van der Waals surface area contributed by atoms with Crippen molar-refractivity contribution in [1.29, 1.82) is 0 Å². The number of thiophene rings is 1. The van der Waals surface area contributed by atoms with Crippen molar-refractivity contribution in [2.24, 2.45) is 0 Å². The summed E-state index contributed by atoms with van der Waals surface area (Å²) >= 11 is 1.70. The average Bonchev–Trinajstić information content (AvgIpc) is 3.01. The fraction of sp³-hybridized carbons (Fsp3) is 0.312. The van der Waals surface area contributed by atoms with Crippen LogP contribution in [0.25, 0.3) is 0 Å². The van der Waals surface area contributed by atoms with E-state index in [9.17, 15) is 4.79 Å². The first-order chi connectivity index (χ1) is 10.3. The Kier molecular flexibility index (Phi) is 4.52. The van der Waals surface area contributed by atoms with Crippen LogP contribution in [-0.4, -0.2) is 25.7 Å². The maximum Gasteiger partial charge on any atom is 0.327 e. The maximum absolute atomic E-state index is 12.1. The molecule has 1 unspecified atom stereocenters. The van der Waals surface area contributed by atoms with Crippen molar-refractivity contribution in [2.45, 2.75) is 12.5 Å². The van der Waals surface area contributed by atoms with E-state index in [4.69, 9.17) is 9.47 Å². The van der Waals surface area contributed by atoms with Crippen LogP contribution >= 0.6 is 11.3 Å². The van der Waals surface area contributed by atoms with Crippen LogP contribution in [0.4, 0.5) is 0 Å². The van der Waals surface area contributed by atoms with Crippen LogP contribution in [0.1, 0.15) is 16.5 Å². The Morgan fingerprint density at radius 1 is 1.24 bits per heavy atom. The van der Waals surface area contributed by atoms with Gasteiger partial charge in [-0.05, 0) is 35.6 Å². The predicted octanol–water partition coefficient (Wildman–Crippen LogP) is 2.56. The van der Waals surface area contributed by atoms with Crippen LogP contribution < -0.4 is 10.1 Å². The number of nitrogens with one attached hydrogen (secondary N) is 1. The summed E-state index contributed by atoms with van der Waals surface area (Å²) in [5.74, 6) is 0.551. The Hall–Kier alpha value is -1.85. The molecule has 4 nitrogen and oxygen atoms in total. The molecule has 0 amide bonds. The van der Waals surface area contributed by atoms with E-state index in [2.05, 4.69) is 5.32 Å². The molecule has 2 heterocycles. The molecule has 0 fully saturated rings. The lowest BCUT2D eigenvalue weighted by Crippen LogP contribution is -2.35. The molecule has 1 aromatic heterocycles. The number of rotatable bonds is 5. The van der Waals surface area contributed by atoms with Crippen molar-refractivity contribution in [1.82, 2.24) is 5.32 Å². The molecule has 1 aliphatic heterocycles. The predicted molar refractivity (Wildman–Crippen MR) is 81.7 cm³/mol. The number of carbonyl (C=O) groups excluding carboxylic acids is 1. The average molecular weight is 303 g/mol. The third kappa shape index (κ3) is 3.43. The Labute approximate surface area is 127 Å². The van der Waals surface area contributed by atoms with Gasteiger partial charge in [-0.25, -0.2) is 4.79 Å². The van der Waals surface area contributed by atoms with Crippen molar-refractivity contribution >= 4 is 17.3 Å². The second-order valence-electron chi connectivity index (χ2n) is 4.77. The van der Waals surface area contributed by atoms with E-state index in [0.29, 0.717) is 6.61 Å². The van der Waals surface area contributed by atoms with Gasteiger partial charge in [0, 0.05) is 11.4 Å². The molecular formula is C16H17NO3S. The molecule has 0 aliphatic carbocycles. The quantitative estimate of drug-likeness (QED) is 0.681. The van der Waals surface area contributed by atoms with Crippen LogP contribution in [-0.2, 0) is 16.0 Å². The highest BCUT2D eigenvalue weighted by Crippen LogP contribution is 2.28. The Morgan fingerprint density at radius 3 is 2.95 bits per heavy atom. The van der Waals surface area contributed by atoms with E-state index < -0.39 is 0 Å². The first kappa shape index (κ1) is 14.1. The van der Waals surface area contributed by atoms with Crippen molar-refractivity contribution < 1.29 is 14.3 Å². The van der Waals surface area contributed by atoms with E-state index in [1.165, 1.54) is 4.88 Å². The molecule has 21 heavy (non-hydrogen) atoms. The smallest absolute Gasteiger partial charge is 0.327 e. The summed E-state index contributed by atoms with van der Waals surface area (Å²) in [6.45, 7) is 1.43. The number of hydrogen-bond donors (Lipinski definition) is 1. The monoisotopic (exact) mass is 303 g/mol. The van der Waals surface area contributed by atoms with E-state index in [1.54, 1.807) is 11.3 Å². The van der Waals surface area contributed by atoms with Gasteiger partial charge in [-0.3, -0.25) is 0 Å². The number of esters is 1. The van der Waals surface area contributed by atoms with Crippen molar-refractivity contribution in [3.05, 3.63) is 52.2 Å². The van der Waals surface area contributed by atoms with E-state index in [0.717, 1.165) is 24.3 Å². The van der Waals surface area contributed by atoms with Crippen LogP contribution in [0, 0.1) is 0 Å². The number of ether oxygens (including phenoxy) is 2. The van der Waals surface area contributed by atoms with Crippen molar-refractivity contribution in [2.75, 3.05) is 19.8 Å². The molecule has 0 saturated heterocycles. The number of hydrogen-bond acceptors (Lipinski definition) is 5. The Morgan fingerprint density at radius 2 is 2.10 bits per heavy atom. The Bertz CT molecular complexity index is 597. The molecule has 1 atom stereocenters. The summed E-state index contributed by atoms with van der Waals surface area (Å²) in [4.78, 5) is 13.4. The summed E-state index contributed by atoms with van der Waals surface area (Å²) < 4.78 is 10.8. The zero-order valence-corrected chi connectivity index (χ0v) is 12.4. The topological polar surface area (TPSA) is 47.6 Å². The summed E-state index contributed by atoms with van der Waals surface area (Å²) in [5.41, 5.74) is 1.06. The molecule has 1 N–H and O–H groups in total.